The van der Waals surface area contributed by atoms with Crippen LogP contribution in [-0.2, 0) is 21.2 Å². The largest absolute Gasteiger partial charge is 0.496 e. The van der Waals surface area contributed by atoms with Crippen molar-refractivity contribution in [2.75, 3.05) is 18.1 Å². The van der Waals surface area contributed by atoms with Gasteiger partial charge in [0.1, 0.15) is 5.75 Å². The highest BCUT2D eigenvalue weighted by Crippen LogP contribution is 2.24. The van der Waals surface area contributed by atoms with Gasteiger partial charge in [-0.25, -0.2) is 8.42 Å². The highest BCUT2D eigenvalue weighted by atomic mass is 32.2. The third-order valence-corrected chi connectivity index (χ3v) is 4.53. The van der Waals surface area contributed by atoms with E-state index in [9.17, 15) is 13.2 Å². The van der Waals surface area contributed by atoms with Crippen LogP contribution in [0.25, 0.3) is 0 Å². The minimum atomic E-state index is -3.40. The molecule has 0 aromatic heterocycles. The van der Waals surface area contributed by atoms with Crippen molar-refractivity contribution in [1.82, 2.24) is 5.32 Å². The topological polar surface area (TPSA) is 84.5 Å². The van der Waals surface area contributed by atoms with Crippen molar-refractivity contribution in [1.29, 1.82) is 0 Å². The number of hydrogen-bond donors (Lipinski definition) is 2. The molecule has 0 aliphatic heterocycles. The predicted octanol–water partition coefficient (Wildman–Crippen LogP) is 2.80. The van der Waals surface area contributed by atoms with Gasteiger partial charge in [-0.15, -0.1) is 0 Å². The van der Waals surface area contributed by atoms with E-state index in [2.05, 4.69) is 10.0 Å². The highest BCUT2D eigenvalue weighted by molar-refractivity contribution is 7.92. The minimum Gasteiger partial charge on any atom is -0.496 e. The molecule has 1 amide bonds. The fraction of sp³-hybridized carbons (Fsp3) is 0.316. The SMILES string of the molecule is COc1cc(CC(=O)NC(C)c2ccccc2NS(C)(=O)=O)ccc1C. The number of ether oxygens (including phenoxy) is 1. The Morgan fingerprint density at radius 3 is 2.54 bits per heavy atom. The van der Waals surface area contributed by atoms with Gasteiger partial charge in [-0.2, -0.15) is 0 Å². The van der Waals surface area contributed by atoms with Gasteiger partial charge in [0.25, 0.3) is 0 Å². The molecule has 7 heteroatoms. The lowest BCUT2D eigenvalue weighted by Gasteiger charge is -2.18. The van der Waals surface area contributed by atoms with E-state index in [1.165, 1.54) is 0 Å². The molecule has 2 rings (SSSR count). The maximum Gasteiger partial charge on any atom is 0.229 e. The Morgan fingerprint density at radius 1 is 1.19 bits per heavy atom. The zero-order valence-corrected chi connectivity index (χ0v) is 16.2. The van der Waals surface area contributed by atoms with Gasteiger partial charge in [-0.05, 0) is 42.7 Å². The first-order valence-electron chi connectivity index (χ1n) is 8.19. The maximum atomic E-state index is 12.4. The number of amides is 1. The molecule has 0 bridgehead atoms. The Balaban J connectivity index is 2.10. The molecular formula is C19H24N2O4S. The summed E-state index contributed by atoms with van der Waals surface area (Å²) < 4.78 is 30.8. The second-order valence-electron chi connectivity index (χ2n) is 6.23. The molecule has 1 unspecified atom stereocenters. The van der Waals surface area contributed by atoms with Crippen LogP contribution in [-0.4, -0.2) is 27.7 Å². The molecule has 0 aliphatic rings. The molecule has 2 aromatic carbocycles. The molecule has 6 nitrogen and oxygen atoms in total. The van der Waals surface area contributed by atoms with E-state index in [0.717, 1.165) is 23.1 Å². The third kappa shape index (κ3) is 5.49. The standard InChI is InChI=1S/C19H24N2O4S/c1-13-9-10-15(11-18(13)25-3)12-19(22)20-14(2)16-7-5-6-8-17(16)21-26(4,23)24/h5-11,14,21H,12H2,1-4H3,(H,20,22). The zero-order valence-electron chi connectivity index (χ0n) is 15.4. The van der Waals surface area contributed by atoms with Crippen molar-refractivity contribution in [2.45, 2.75) is 26.3 Å². The smallest absolute Gasteiger partial charge is 0.229 e. The van der Waals surface area contributed by atoms with E-state index < -0.39 is 10.0 Å². The van der Waals surface area contributed by atoms with Crippen molar-refractivity contribution in [3.05, 3.63) is 59.2 Å². The fourth-order valence-electron chi connectivity index (χ4n) is 2.70. The number of rotatable bonds is 7. The number of sulfonamides is 1. The van der Waals surface area contributed by atoms with Crippen LogP contribution in [0, 0.1) is 6.92 Å². The summed E-state index contributed by atoms with van der Waals surface area (Å²) >= 11 is 0. The molecular weight excluding hydrogens is 352 g/mol. The summed E-state index contributed by atoms with van der Waals surface area (Å²) in [7, 11) is -1.80. The van der Waals surface area contributed by atoms with Gasteiger partial charge in [0.05, 0.1) is 31.5 Å². The van der Waals surface area contributed by atoms with Gasteiger partial charge in [-0.1, -0.05) is 30.3 Å². The van der Waals surface area contributed by atoms with E-state index >= 15 is 0 Å². The minimum absolute atomic E-state index is 0.155. The molecule has 0 aliphatic carbocycles. The summed E-state index contributed by atoms with van der Waals surface area (Å²) in [4.78, 5) is 12.4. The first kappa shape index (κ1) is 19.8. The molecule has 1 atom stereocenters. The second-order valence-corrected chi connectivity index (χ2v) is 7.98. The number of anilines is 1. The third-order valence-electron chi connectivity index (χ3n) is 3.94. The lowest BCUT2D eigenvalue weighted by atomic mass is 10.0. The average molecular weight is 376 g/mol. The highest BCUT2D eigenvalue weighted by Gasteiger charge is 2.15. The Bertz CT molecular complexity index is 894. The summed E-state index contributed by atoms with van der Waals surface area (Å²) in [5.74, 6) is 0.587. The number of methoxy groups -OCH3 is 1. The van der Waals surface area contributed by atoms with Crippen LogP contribution in [0.4, 0.5) is 5.69 Å². The first-order chi connectivity index (χ1) is 12.2. The van der Waals surface area contributed by atoms with Crippen molar-refractivity contribution in [3.63, 3.8) is 0 Å². The summed E-state index contributed by atoms with van der Waals surface area (Å²) in [6.07, 6.45) is 1.31. The van der Waals surface area contributed by atoms with Crippen molar-refractivity contribution in [3.8, 4) is 5.75 Å². The first-order valence-corrected chi connectivity index (χ1v) is 10.1. The Morgan fingerprint density at radius 2 is 1.88 bits per heavy atom. The Hall–Kier alpha value is -2.54. The van der Waals surface area contributed by atoms with Gasteiger partial charge in [0.2, 0.25) is 15.9 Å². The van der Waals surface area contributed by atoms with Crippen LogP contribution in [0.3, 0.4) is 0 Å². The second kappa shape index (κ2) is 8.23. The van der Waals surface area contributed by atoms with Gasteiger partial charge >= 0.3 is 0 Å². The number of aryl methyl sites for hydroxylation is 1. The number of nitrogens with one attached hydrogen (secondary N) is 2. The fourth-order valence-corrected chi connectivity index (χ4v) is 3.28. The molecule has 2 aromatic rings. The molecule has 2 N–H and O–H groups in total. The quantitative estimate of drug-likeness (QED) is 0.778. The lowest BCUT2D eigenvalue weighted by Crippen LogP contribution is -2.29. The van der Waals surface area contributed by atoms with Crippen LogP contribution in [0.5, 0.6) is 5.75 Å². The van der Waals surface area contributed by atoms with Gasteiger partial charge in [0.15, 0.2) is 0 Å². The maximum absolute atomic E-state index is 12.4. The van der Waals surface area contributed by atoms with Gasteiger partial charge in [0, 0.05) is 0 Å². The lowest BCUT2D eigenvalue weighted by molar-refractivity contribution is -0.121. The van der Waals surface area contributed by atoms with E-state index in [1.54, 1.807) is 31.4 Å². The number of benzene rings is 2. The summed E-state index contributed by atoms with van der Waals surface area (Å²) in [5.41, 5.74) is 3.01. The van der Waals surface area contributed by atoms with Crippen molar-refractivity contribution in [2.24, 2.45) is 0 Å². The molecule has 0 fully saturated rings. The molecule has 26 heavy (non-hydrogen) atoms. The van der Waals surface area contributed by atoms with Crippen LogP contribution >= 0.6 is 0 Å². The van der Waals surface area contributed by atoms with E-state index in [-0.39, 0.29) is 18.4 Å². The van der Waals surface area contributed by atoms with Crippen LogP contribution < -0.4 is 14.8 Å². The molecule has 140 valence electrons. The number of carbonyl (C=O) groups is 1. The van der Waals surface area contributed by atoms with Gasteiger partial charge < -0.3 is 10.1 Å². The number of carbonyl (C=O) groups excluding carboxylic acids is 1. The summed E-state index contributed by atoms with van der Waals surface area (Å²) in [6, 6.07) is 12.3. The van der Waals surface area contributed by atoms with E-state index in [1.807, 2.05) is 32.0 Å². The Labute approximate surface area is 154 Å². The molecule has 0 heterocycles. The monoisotopic (exact) mass is 376 g/mol. The normalized spacial score (nSPS) is 12.3. The zero-order chi connectivity index (χ0) is 19.3. The average Bonchev–Trinajstić information content (AvgIpc) is 2.55. The molecule has 0 saturated carbocycles. The summed E-state index contributed by atoms with van der Waals surface area (Å²) in [6.45, 7) is 3.76. The number of para-hydroxylation sites is 1. The number of hydrogen-bond acceptors (Lipinski definition) is 4. The van der Waals surface area contributed by atoms with Gasteiger partial charge in [-0.3, -0.25) is 9.52 Å². The van der Waals surface area contributed by atoms with E-state index in [0.29, 0.717) is 11.3 Å². The van der Waals surface area contributed by atoms with Crippen molar-refractivity contribution < 1.29 is 17.9 Å². The molecule has 0 saturated heterocycles. The van der Waals surface area contributed by atoms with Crippen LogP contribution in [0.15, 0.2) is 42.5 Å². The van der Waals surface area contributed by atoms with E-state index in [4.69, 9.17) is 4.74 Å². The van der Waals surface area contributed by atoms with Crippen LogP contribution in [0.1, 0.15) is 29.7 Å². The van der Waals surface area contributed by atoms with Crippen LogP contribution in [0.2, 0.25) is 0 Å². The molecule has 0 spiro atoms. The Kier molecular flexibility index (Phi) is 6.26. The summed E-state index contributed by atoms with van der Waals surface area (Å²) in [5, 5.41) is 2.91. The molecule has 0 radical (unpaired) electrons. The predicted molar refractivity (Wildman–Crippen MR) is 103 cm³/mol. The van der Waals surface area contributed by atoms with Crippen molar-refractivity contribution >= 4 is 21.6 Å².